The zero-order valence-corrected chi connectivity index (χ0v) is 18.8. The number of carbonyl (C=O) groups excluding carboxylic acids is 1. The molecule has 2 aromatic heterocycles. The highest BCUT2D eigenvalue weighted by atomic mass is 35.5. The Morgan fingerprint density at radius 2 is 1.88 bits per heavy atom. The molecule has 8 nitrogen and oxygen atoms in total. The second kappa shape index (κ2) is 9.52. The molecule has 1 amide bonds. The second-order valence-electron chi connectivity index (χ2n) is 7.77. The van der Waals surface area contributed by atoms with Crippen LogP contribution in [0.25, 0.3) is 11.2 Å². The van der Waals surface area contributed by atoms with Crippen molar-refractivity contribution in [2.75, 3.05) is 26.8 Å². The molecule has 0 unspecified atom stereocenters. The van der Waals surface area contributed by atoms with Gasteiger partial charge >= 0.3 is 17.9 Å². The quantitative estimate of drug-likeness (QED) is 0.518. The average Bonchev–Trinajstić information content (AvgIpc) is 2.97. The number of methoxy groups -OCH3 is 1. The van der Waals surface area contributed by atoms with Crippen LogP contribution in [0.4, 0.5) is 18.0 Å². The van der Waals surface area contributed by atoms with Crippen LogP contribution < -0.4 is 5.69 Å². The lowest BCUT2D eigenvalue weighted by atomic mass is 9.91. The van der Waals surface area contributed by atoms with E-state index in [-0.39, 0.29) is 18.3 Å². The minimum absolute atomic E-state index is 0. The smallest absolute Gasteiger partial charge is 0.385 e. The van der Waals surface area contributed by atoms with Crippen molar-refractivity contribution in [3.05, 3.63) is 57.9 Å². The molecule has 1 aliphatic heterocycles. The summed E-state index contributed by atoms with van der Waals surface area (Å²) in [6.45, 7) is 1.18. The van der Waals surface area contributed by atoms with E-state index in [0.717, 1.165) is 28.7 Å². The van der Waals surface area contributed by atoms with E-state index in [9.17, 15) is 22.8 Å². The monoisotopic (exact) mass is 485 g/mol. The minimum Gasteiger partial charge on any atom is -0.385 e. The number of ether oxygens (including phenoxy) is 1. The third-order valence-corrected chi connectivity index (χ3v) is 5.64. The Balaban J connectivity index is 0.00000306. The number of imidazole rings is 1. The lowest BCUT2D eigenvalue weighted by Gasteiger charge is -2.39. The van der Waals surface area contributed by atoms with E-state index in [1.165, 1.54) is 27.8 Å². The number of halogens is 4. The first-order chi connectivity index (χ1) is 15.2. The van der Waals surface area contributed by atoms with E-state index in [2.05, 4.69) is 9.97 Å². The van der Waals surface area contributed by atoms with E-state index in [0.29, 0.717) is 43.1 Å². The van der Waals surface area contributed by atoms with Gasteiger partial charge in [-0.05, 0) is 24.1 Å². The Morgan fingerprint density at radius 3 is 2.48 bits per heavy atom. The Bertz CT molecular complexity index is 1200. The average molecular weight is 486 g/mol. The van der Waals surface area contributed by atoms with Crippen molar-refractivity contribution in [2.24, 2.45) is 7.05 Å². The molecule has 178 valence electrons. The van der Waals surface area contributed by atoms with Crippen LogP contribution in [0.5, 0.6) is 0 Å². The molecule has 0 N–H and O–H groups in total. The van der Waals surface area contributed by atoms with Gasteiger partial charge in [-0.15, -0.1) is 12.4 Å². The first-order valence-electron chi connectivity index (χ1n) is 10.1. The zero-order chi connectivity index (χ0) is 23.0. The maximum atomic E-state index is 13.0. The summed E-state index contributed by atoms with van der Waals surface area (Å²) < 4.78 is 45.6. The molecule has 1 saturated heterocycles. The predicted octanol–water partition coefficient (Wildman–Crippen LogP) is 3.22. The summed E-state index contributed by atoms with van der Waals surface area (Å²) in [5.74, 6) is 0.469. The van der Waals surface area contributed by atoms with Crippen LogP contribution >= 0.6 is 12.4 Å². The number of amides is 1. The van der Waals surface area contributed by atoms with E-state index in [1.807, 2.05) is 0 Å². The summed E-state index contributed by atoms with van der Waals surface area (Å²) in [7, 11) is 3.15. The first kappa shape index (κ1) is 24.7. The number of fused-ring (bicyclic) bond motifs is 1. The van der Waals surface area contributed by atoms with Crippen molar-refractivity contribution in [2.45, 2.75) is 24.9 Å². The van der Waals surface area contributed by atoms with Crippen molar-refractivity contribution in [3.63, 3.8) is 0 Å². The lowest BCUT2D eigenvalue weighted by Crippen LogP contribution is -2.52. The molecule has 4 rings (SSSR count). The number of likely N-dealkylation sites (tertiary alicyclic amines) is 1. The van der Waals surface area contributed by atoms with Gasteiger partial charge in [0.15, 0.2) is 5.65 Å². The highest BCUT2D eigenvalue weighted by Crippen LogP contribution is 2.32. The van der Waals surface area contributed by atoms with Gasteiger partial charge in [0.2, 0.25) is 0 Å². The van der Waals surface area contributed by atoms with Crippen LogP contribution in [0.2, 0.25) is 0 Å². The number of rotatable bonds is 5. The summed E-state index contributed by atoms with van der Waals surface area (Å²) in [5.41, 5.74) is 0.168. The fourth-order valence-corrected chi connectivity index (χ4v) is 3.76. The van der Waals surface area contributed by atoms with Crippen LogP contribution in [0.1, 0.15) is 29.3 Å². The Kier molecular flexibility index (Phi) is 7.13. The summed E-state index contributed by atoms with van der Waals surface area (Å²) in [4.78, 5) is 35.9. The fraction of sp³-hybridized carbons (Fsp3) is 0.429. The topological polar surface area (TPSA) is 82.2 Å². The lowest BCUT2D eigenvalue weighted by molar-refractivity contribution is -0.137. The molecule has 0 saturated carbocycles. The maximum Gasteiger partial charge on any atom is 0.416 e. The van der Waals surface area contributed by atoms with Crippen molar-refractivity contribution < 1.29 is 22.7 Å². The van der Waals surface area contributed by atoms with Crippen molar-refractivity contribution in [1.82, 2.24) is 24.0 Å². The van der Waals surface area contributed by atoms with Gasteiger partial charge in [0.25, 0.3) is 0 Å². The van der Waals surface area contributed by atoms with Gasteiger partial charge in [0.05, 0.1) is 11.8 Å². The van der Waals surface area contributed by atoms with E-state index >= 15 is 0 Å². The number of benzene rings is 1. The maximum absolute atomic E-state index is 13.0. The summed E-state index contributed by atoms with van der Waals surface area (Å²) in [6.07, 6.45) is -1.61. The van der Waals surface area contributed by atoms with Crippen LogP contribution in [-0.2, 0) is 24.4 Å². The zero-order valence-electron chi connectivity index (χ0n) is 18.0. The third-order valence-electron chi connectivity index (χ3n) is 5.64. The predicted molar refractivity (Wildman–Crippen MR) is 117 cm³/mol. The van der Waals surface area contributed by atoms with Crippen LogP contribution in [-0.4, -0.2) is 56.8 Å². The molecule has 3 aromatic rings. The van der Waals surface area contributed by atoms with Gasteiger partial charge in [-0.1, -0.05) is 12.1 Å². The molecule has 0 radical (unpaired) electrons. The second-order valence-corrected chi connectivity index (χ2v) is 7.77. The standard InChI is InChI=1S/C21H22F3N5O3.ClH/c1-27-18-16(10-25-17(26-18)4-3-9-32-2)29(19(27)30)20(31)28-11-14(12-28)13-5-7-15(8-6-13)21(22,23)24;/h5-8,10,14H,3-4,9,11-12H2,1-2H3;1H. The molecular weight excluding hydrogens is 463 g/mol. The number of hydrogen-bond donors (Lipinski definition) is 0. The van der Waals surface area contributed by atoms with Gasteiger partial charge in [-0.25, -0.2) is 24.1 Å². The Morgan fingerprint density at radius 1 is 1.21 bits per heavy atom. The molecule has 12 heteroatoms. The van der Waals surface area contributed by atoms with E-state index in [4.69, 9.17) is 4.74 Å². The molecule has 0 spiro atoms. The van der Waals surface area contributed by atoms with Crippen molar-refractivity contribution in [1.29, 1.82) is 0 Å². The van der Waals surface area contributed by atoms with Gasteiger partial charge < -0.3 is 9.64 Å². The summed E-state index contributed by atoms with van der Waals surface area (Å²) in [5, 5.41) is 0. The van der Waals surface area contributed by atoms with Gasteiger partial charge in [0, 0.05) is 46.2 Å². The minimum atomic E-state index is -4.39. The van der Waals surface area contributed by atoms with Crippen LogP contribution in [0, 0.1) is 0 Å². The summed E-state index contributed by atoms with van der Waals surface area (Å²) >= 11 is 0. The molecule has 0 bridgehead atoms. The molecule has 1 fully saturated rings. The highest BCUT2D eigenvalue weighted by molar-refractivity contribution is 5.88. The summed E-state index contributed by atoms with van der Waals surface area (Å²) in [6, 6.07) is 4.43. The SMILES string of the molecule is COCCCc1ncc2c(n1)n(C)c(=O)n2C(=O)N1CC(c2ccc(C(F)(F)F)cc2)C1.Cl. The van der Waals surface area contributed by atoms with Crippen molar-refractivity contribution >= 4 is 29.6 Å². The highest BCUT2D eigenvalue weighted by Gasteiger charge is 2.35. The molecule has 33 heavy (non-hydrogen) atoms. The first-order valence-corrected chi connectivity index (χ1v) is 10.1. The molecule has 1 aliphatic rings. The largest absolute Gasteiger partial charge is 0.416 e. The number of nitrogens with zero attached hydrogens (tertiary/aromatic N) is 5. The van der Waals surface area contributed by atoms with Crippen molar-refractivity contribution in [3.8, 4) is 0 Å². The van der Waals surface area contributed by atoms with E-state index < -0.39 is 23.5 Å². The van der Waals surface area contributed by atoms with Crippen LogP contribution in [0.15, 0.2) is 35.3 Å². The van der Waals surface area contributed by atoms with Gasteiger partial charge in [-0.2, -0.15) is 13.2 Å². The normalized spacial score (nSPS) is 14.3. The Labute approximate surface area is 193 Å². The molecule has 0 atom stereocenters. The van der Waals surface area contributed by atoms with E-state index in [1.54, 1.807) is 14.2 Å². The van der Waals surface area contributed by atoms with Gasteiger partial charge in [-0.3, -0.25) is 4.57 Å². The number of alkyl halides is 3. The molecule has 0 aliphatic carbocycles. The van der Waals surface area contributed by atoms with Gasteiger partial charge in [0.1, 0.15) is 11.3 Å². The molecule has 3 heterocycles. The molecular formula is C21H23ClF3N5O3. The number of hydrogen-bond acceptors (Lipinski definition) is 5. The Hall–Kier alpha value is -2.92. The van der Waals surface area contributed by atoms with Crippen LogP contribution in [0.3, 0.4) is 0 Å². The number of carbonyl (C=O) groups is 1. The molecule has 1 aromatic carbocycles. The number of aromatic nitrogens is 4. The third kappa shape index (κ3) is 4.74. The number of aryl methyl sites for hydroxylation is 2. The fourth-order valence-electron chi connectivity index (χ4n) is 3.76.